The first-order chi connectivity index (χ1) is 9.22. The van der Waals surface area contributed by atoms with E-state index in [9.17, 15) is 4.79 Å². The summed E-state index contributed by atoms with van der Waals surface area (Å²) in [6.07, 6.45) is 5.79. The third kappa shape index (κ3) is 2.81. The van der Waals surface area contributed by atoms with Crippen LogP contribution >= 0.6 is 0 Å². The number of aryl methyl sites for hydroxylation is 1. The van der Waals surface area contributed by atoms with Crippen LogP contribution < -0.4 is 0 Å². The van der Waals surface area contributed by atoms with Crippen LogP contribution in [0.4, 0.5) is 0 Å². The Morgan fingerprint density at radius 2 is 2.26 bits per heavy atom. The minimum absolute atomic E-state index is 0.286. The van der Waals surface area contributed by atoms with E-state index in [1.54, 1.807) is 23.0 Å². The van der Waals surface area contributed by atoms with Crippen molar-refractivity contribution < 1.29 is 9.53 Å². The molecule has 1 saturated carbocycles. The van der Waals surface area contributed by atoms with Gasteiger partial charge in [0.05, 0.1) is 17.9 Å². The van der Waals surface area contributed by atoms with Crippen LogP contribution in [0.2, 0.25) is 0 Å². The Hall–Kier alpha value is -2.17. The van der Waals surface area contributed by atoms with Crippen LogP contribution in [0.15, 0.2) is 30.6 Å². The van der Waals surface area contributed by atoms with Crippen LogP contribution in [0.1, 0.15) is 23.2 Å². The monoisotopic (exact) mass is 257 g/mol. The molecule has 2 aromatic rings. The fourth-order valence-electron chi connectivity index (χ4n) is 1.81. The van der Waals surface area contributed by atoms with E-state index in [0.717, 1.165) is 5.69 Å². The Labute approximate surface area is 111 Å². The van der Waals surface area contributed by atoms with Gasteiger partial charge in [-0.15, -0.1) is 0 Å². The summed E-state index contributed by atoms with van der Waals surface area (Å²) in [5.74, 6) is 0.285. The van der Waals surface area contributed by atoms with E-state index >= 15 is 0 Å². The van der Waals surface area contributed by atoms with Crippen LogP contribution in [-0.4, -0.2) is 27.3 Å². The average molecular weight is 257 g/mol. The molecule has 0 amide bonds. The molecular formula is C14H15N3O2. The molecule has 0 bridgehead atoms. The fourth-order valence-corrected chi connectivity index (χ4v) is 1.81. The molecule has 5 heteroatoms. The largest absolute Gasteiger partial charge is 0.462 e. The summed E-state index contributed by atoms with van der Waals surface area (Å²) in [6, 6.07) is 5.25. The quantitative estimate of drug-likeness (QED) is 0.786. The summed E-state index contributed by atoms with van der Waals surface area (Å²) < 4.78 is 6.96. The summed E-state index contributed by atoms with van der Waals surface area (Å²) in [4.78, 5) is 16.1. The molecule has 98 valence electrons. The second-order valence-electron chi connectivity index (χ2n) is 4.85. The normalized spacial score (nSPS) is 14.4. The van der Waals surface area contributed by atoms with Crippen molar-refractivity contribution in [2.24, 2.45) is 13.0 Å². The van der Waals surface area contributed by atoms with Gasteiger partial charge < -0.3 is 4.74 Å². The molecule has 0 radical (unpaired) electrons. The summed E-state index contributed by atoms with van der Waals surface area (Å²) in [5.41, 5.74) is 1.96. The van der Waals surface area contributed by atoms with E-state index in [4.69, 9.17) is 4.74 Å². The highest BCUT2D eigenvalue weighted by Gasteiger charge is 2.23. The first-order valence-electron chi connectivity index (χ1n) is 6.35. The Balaban J connectivity index is 1.76. The Morgan fingerprint density at radius 1 is 1.42 bits per heavy atom. The molecule has 19 heavy (non-hydrogen) atoms. The number of carbonyl (C=O) groups excluding carboxylic acids is 1. The molecule has 0 spiro atoms. The highest BCUT2D eigenvalue weighted by Crippen LogP contribution is 2.29. The average Bonchev–Trinajstić information content (AvgIpc) is 3.16. The maximum Gasteiger partial charge on any atom is 0.338 e. The van der Waals surface area contributed by atoms with Crippen molar-refractivity contribution >= 4 is 5.97 Å². The number of carbonyl (C=O) groups is 1. The van der Waals surface area contributed by atoms with Crippen molar-refractivity contribution in [1.29, 1.82) is 0 Å². The minimum atomic E-state index is -0.286. The Kier molecular flexibility index (Phi) is 3.03. The van der Waals surface area contributed by atoms with Crippen molar-refractivity contribution in [3.8, 4) is 11.4 Å². The summed E-state index contributed by atoms with van der Waals surface area (Å²) in [7, 11) is 1.84. The van der Waals surface area contributed by atoms with Crippen LogP contribution in [-0.2, 0) is 11.8 Å². The Morgan fingerprint density at radius 3 is 2.95 bits per heavy atom. The highest BCUT2D eigenvalue weighted by atomic mass is 16.5. The van der Waals surface area contributed by atoms with E-state index in [2.05, 4.69) is 10.1 Å². The van der Waals surface area contributed by atoms with Crippen LogP contribution in [0, 0.1) is 5.92 Å². The minimum Gasteiger partial charge on any atom is -0.462 e. The van der Waals surface area contributed by atoms with Gasteiger partial charge >= 0.3 is 5.97 Å². The van der Waals surface area contributed by atoms with Crippen molar-refractivity contribution in [3.63, 3.8) is 0 Å². The molecule has 2 heterocycles. The molecule has 0 aliphatic heterocycles. The molecule has 0 aromatic carbocycles. The second-order valence-corrected chi connectivity index (χ2v) is 4.85. The zero-order chi connectivity index (χ0) is 13.2. The van der Waals surface area contributed by atoms with Crippen molar-refractivity contribution in [1.82, 2.24) is 14.8 Å². The molecule has 1 aliphatic carbocycles. The third-order valence-electron chi connectivity index (χ3n) is 3.12. The van der Waals surface area contributed by atoms with Gasteiger partial charge in [-0.25, -0.2) is 4.79 Å². The first kappa shape index (κ1) is 11.9. The van der Waals surface area contributed by atoms with Gasteiger partial charge in [-0.1, -0.05) is 0 Å². The molecule has 1 fully saturated rings. The third-order valence-corrected chi connectivity index (χ3v) is 3.12. The van der Waals surface area contributed by atoms with Crippen LogP contribution in [0.3, 0.4) is 0 Å². The molecule has 2 aromatic heterocycles. The smallest absolute Gasteiger partial charge is 0.338 e. The number of esters is 1. The lowest BCUT2D eigenvalue weighted by Gasteiger charge is -2.04. The van der Waals surface area contributed by atoms with Gasteiger partial charge in [-0.3, -0.25) is 9.67 Å². The predicted molar refractivity (Wildman–Crippen MR) is 69.4 cm³/mol. The lowest BCUT2D eigenvalue weighted by molar-refractivity contribution is 0.0486. The summed E-state index contributed by atoms with van der Waals surface area (Å²) in [5, 5.41) is 4.27. The number of aromatic nitrogens is 3. The summed E-state index contributed by atoms with van der Waals surface area (Å²) >= 11 is 0. The van der Waals surface area contributed by atoms with Crippen LogP contribution in [0.5, 0.6) is 0 Å². The zero-order valence-corrected chi connectivity index (χ0v) is 10.7. The van der Waals surface area contributed by atoms with E-state index in [1.807, 2.05) is 19.3 Å². The van der Waals surface area contributed by atoms with Gasteiger partial charge in [0.2, 0.25) is 0 Å². The molecule has 3 rings (SSSR count). The maximum absolute atomic E-state index is 11.9. The van der Waals surface area contributed by atoms with Gasteiger partial charge in [-0.05, 0) is 37.0 Å². The number of hydrogen-bond donors (Lipinski definition) is 0. The topological polar surface area (TPSA) is 57.0 Å². The lowest BCUT2D eigenvalue weighted by Crippen LogP contribution is -2.08. The maximum atomic E-state index is 11.9. The van der Waals surface area contributed by atoms with E-state index in [1.165, 1.54) is 12.8 Å². The standard InChI is InChI=1S/C14H15N3O2/c1-17-7-5-12(16-17)13-8-11(4-6-15-13)14(18)19-9-10-2-3-10/h4-8,10H,2-3,9H2,1H3. The van der Waals surface area contributed by atoms with Crippen molar-refractivity contribution in [2.75, 3.05) is 6.61 Å². The number of pyridine rings is 1. The van der Waals surface area contributed by atoms with Gasteiger partial charge in [0.15, 0.2) is 0 Å². The molecular weight excluding hydrogens is 242 g/mol. The van der Waals surface area contributed by atoms with E-state index < -0.39 is 0 Å². The van der Waals surface area contributed by atoms with Crippen molar-refractivity contribution in [2.45, 2.75) is 12.8 Å². The summed E-state index contributed by atoms with van der Waals surface area (Å²) in [6.45, 7) is 0.528. The number of rotatable bonds is 4. The van der Waals surface area contributed by atoms with Gasteiger partial charge in [0.1, 0.15) is 5.69 Å². The highest BCUT2D eigenvalue weighted by molar-refractivity contribution is 5.90. The van der Waals surface area contributed by atoms with E-state index in [-0.39, 0.29) is 5.97 Å². The molecule has 0 unspecified atom stereocenters. The fraction of sp³-hybridized carbons (Fsp3) is 0.357. The SMILES string of the molecule is Cn1ccc(-c2cc(C(=O)OCC3CC3)ccn2)n1. The van der Waals surface area contributed by atoms with Gasteiger partial charge in [0.25, 0.3) is 0 Å². The molecule has 1 aliphatic rings. The number of hydrogen-bond acceptors (Lipinski definition) is 4. The van der Waals surface area contributed by atoms with E-state index in [0.29, 0.717) is 23.8 Å². The number of nitrogens with zero attached hydrogens (tertiary/aromatic N) is 3. The van der Waals surface area contributed by atoms with Gasteiger partial charge in [0, 0.05) is 19.4 Å². The first-order valence-corrected chi connectivity index (χ1v) is 6.35. The van der Waals surface area contributed by atoms with Crippen molar-refractivity contribution in [3.05, 3.63) is 36.2 Å². The Bertz CT molecular complexity index is 602. The zero-order valence-electron chi connectivity index (χ0n) is 10.7. The predicted octanol–water partition coefficient (Wildman–Crippen LogP) is 2.05. The second kappa shape index (κ2) is 4.84. The van der Waals surface area contributed by atoms with Crippen LogP contribution in [0.25, 0.3) is 11.4 Å². The number of ether oxygens (including phenoxy) is 1. The molecule has 0 N–H and O–H groups in total. The molecule has 0 saturated heterocycles. The van der Waals surface area contributed by atoms with Gasteiger partial charge in [-0.2, -0.15) is 5.10 Å². The lowest BCUT2D eigenvalue weighted by atomic mass is 10.2. The molecule has 5 nitrogen and oxygen atoms in total. The molecule has 0 atom stereocenters.